The lowest BCUT2D eigenvalue weighted by Crippen LogP contribution is -1.80. The molecule has 4 aromatic rings. The predicted octanol–water partition coefficient (Wildman–Crippen LogP) is 6.61. The number of aromatic nitrogens is 1. The third kappa shape index (κ3) is 3.82. The van der Waals surface area contributed by atoms with Crippen LogP contribution in [0.1, 0.15) is 5.56 Å². The van der Waals surface area contributed by atoms with Gasteiger partial charge in [-0.1, -0.05) is 34.1 Å². The van der Waals surface area contributed by atoms with E-state index in [1.54, 1.807) is 0 Å². The van der Waals surface area contributed by atoms with Gasteiger partial charge in [0.05, 0.1) is 5.69 Å². The van der Waals surface area contributed by atoms with E-state index in [4.69, 9.17) is 4.42 Å². The van der Waals surface area contributed by atoms with Crippen LogP contribution in [0.4, 0.5) is 5.69 Å². The van der Waals surface area contributed by atoms with Crippen LogP contribution in [0.2, 0.25) is 0 Å². The van der Waals surface area contributed by atoms with Crippen molar-refractivity contribution in [3.05, 3.63) is 80.3 Å². The molecule has 0 unspecified atom stereocenters. The van der Waals surface area contributed by atoms with Crippen LogP contribution in [0.5, 0.6) is 0 Å². The molecule has 122 valence electrons. The lowest BCUT2D eigenvalue weighted by Gasteiger charge is -1.95. The Hall–Kier alpha value is -1.99. The van der Waals surface area contributed by atoms with Gasteiger partial charge >= 0.3 is 0 Å². The van der Waals surface area contributed by atoms with Crippen LogP contribution in [0.3, 0.4) is 0 Å². The number of halogens is 2. The van der Waals surface area contributed by atoms with Crippen molar-refractivity contribution in [2.75, 3.05) is 0 Å². The number of fused-ring (bicyclic) bond motifs is 1. The molecular weight excluding hydrogens is 491 g/mol. The van der Waals surface area contributed by atoms with Gasteiger partial charge in [-0.25, -0.2) is 4.98 Å². The van der Waals surface area contributed by atoms with Crippen molar-refractivity contribution >= 4 is 61.5 Å². The molecule has 0 aliphatic carbocycles. The number of hydrogen-bond donors (Lipinski definition) is 0. The minimum absolute atomic E-state index is 0.607. The quantitative estimate of drug-likeness (QED) is 0.233. The molecule has 0 saturated carbocycles. The summed E-state index contributed by atoms with van der Waals surface area (Å²) in [5.41, 5.74) is 4.40. The van der Waals surface area contributed by atoms with E-state index in [0.29, 0.717) is 5.89 Å². The maximum Gasteiger partial charge on any atom is 0.227 e. The predicted molar refractivity (Wildman–Crippen MR) is 114 cm³/mol. The second kappa shape index (κ2) is 7.09. The number of rotatable bonds is 3. The number of hydrogen-bond acceptors (Lipinski definition) is 3. The van der Waals surface area contributed by atoms with E-state index >= 15 is 0 Å². The number of nitrogens with zero attached hydrogens (tertiary/aromatic N) is 2. The van der Waals surface area contributed by atoms with Gasteiger partial charge < -0.3 is 4.42 Å². The second-order valence-corrected chi connectivity index (χ2v) is 7.65. The zero-order valence-electron chi connectivity index (χ0n) is 13.0. The first-order valence-electron chi connectivity index (χ1n) is 7.63. The fourth-order valence-corrected chi connectivity index (χ4v) is 3.20. The van der Waals surface area contributed by atoms with E-state index in [1.165, 1.54) is 3.57 Å². The van der Waals surface area contributed by atoms with Crippen LogP contribution >= 0.6 is 38.5 Å². The van der Waals surface area contributed by atoms with Crippen LogP contribution in [-0.4, -0.2) is 11.2 Å². The molecule has 25 heavy (non-hydrogen) atoms. The van der Waals surface area contributed by atoms with Crippen molar-refractivity contribution in [3.63, 3.8) is 0 Å². The summed E-state index contributed by atoms with van der Waals surface area (Å²) in [4.78, 5) is 9.12. The first-order valence-corrected chi connectivity index (χ1v) is 9.51. The third-order valence-electron chi connectivity index (χ3n) is 3.68. The van der Waals surface area contributed by atoms with Gasteiger partial charge in [0.25, 0.3) is 0 Å². The first-order chi connectivity index (χ1) is 12.2. The molecular formula is C20H12BrIN2O. The Bertz CT molecular complexity index is 1070. The van der Waals surface area contributed by atoms with E-state index in [9.17, 15) is 0 Å². The van der Waals surface area contributed by atoms with Gasteiger partial charge in [0.15, 0.2) is 5.58 Å². The molecule has 0 atom stereocenters. The average molecular weight is 503 g/mol. The molecule has 0 amide bonds. The SMILES string of the molecule is Brc1cccc(-c2nc3cc(N=Cc4ccc(I)cc4)ccc3o2)c1. The van der Waals surface area contributed by atoms with Crippen LogP contribution in [-0.2, 0) is 0 Å². The minimum atomic E-state index is 0.607. The van der Waals surface area contributed by atoms with Gasteiger partial charge in [0.2, 0.25) is 5.89 Å². The molecule has 0 fully saturated rings. The summed E-state index contributed by atoms with van der Waals surface area (Å²) in [7, 11) is 0. The van der Waals surface area contributed by atoms with Crippen LogP contribution < -0.4 is 0 Å². The van der Waals surface area contributed by atoms with E-state index in [-0.39, 0.29) is 0 Å². The highest BCUT2D eigenvalue weighted by molar-refractivity contribution is 14.1. The van der Waals surface area contributed by atoms with Crippen molar-refractivity contribution in [1.29, 1.82) is 0 Å². The van der Waals surface area contributed by atoms with Gasteiger partial charge in [-0.05, 0) is 76.7 Å². The van der Waals surface area contributed by atoms with Crippen LogP contribution in [0, 0.1) is 3.57 Å². The number of benzene rings is 3. The molecule has 0 bridgehead atoms. The molecule has 0 aliphatic heterocycles. The fourth-order valence-electron chi connectivity index (χ4n) is 2.44. The Morgan fingerprint density at radius 3 is 2.64 bits per heavy atom. The van der Waals surface area contributed by atoms with Crippen molar-refractivity contribution in [2.24, 2.45) is 4.99 Å². The maximum atomic E-state index is 5.86. The van der Waals surface area contributed by atoms with Crippen LogP contribution in [0.25, 0.3) is 22.6 Å². The normalized spacial score (nSPS) is 11.4. The van der Waals surface area contributed by atoms with Crippen molar-refractivity contribution in [2.45, 2.75) is 0 Å². The molecule has 1 heterocycles. The fraction of sp³-hybridized carbons (Fsp3) is 0. The summed E-state index contributed by atoms with van der Waals surface area (Å²) < 4.78 is 8.06. The molecule has 3 nitrogen and oxygen atoms in total. The topological polar surface area (TPSA) is 38.4 Å². The van der Waals surface area contributed by atoms with Crippen molar-refractivity contribution in [1.82, 2.24) is 4.98 Å². The van der Waals surface area contributed by atoms with E-state index in [1.807, 2.05) is 60.8 Å². The van der Waals surface area contributed by atoms with Crippen molar-refractivity contribution < 1.29 is 4.42 Å². The van der Waals surface area contributed by atoms with Gasteiger partial charge in [0, 0.05) is 19.8 Å². The molecule has 5 heteroatoms. The van der Waals surface area contributed by atoms with E-state index < -0.39 is 0 Å². The first kappa shape index (κ1) is 16.5. The highest BCUT2D eigenvalue weighted by atomic mass is 127. The zero-order valence-corrected chi connectivity index (χ0v) is 16.7. The zero-order chi connectivity index (χ0) is 17.2. The van der Waals surface area contributed by atoms with Crippen molar-refractivity contribution in [3.8, 4) is 11.5 Å². The Morgan fingerprint density at radius 1 is 1.00 bits per heavy atom. The molecule has 0 N–H and O–H groups in total. The van der Waals surface area contributed by atoms with Gasteiger partial charge in [-0.2, -0.15) is 0 Å². The largest absolute Gasteiger partial charge is 0.436 e. The number of aliphatic imine (C=N–C) groups is 1. The summed E-state index contributed by atoms with van der Waals surface area (Å²) in [6.45, 7) is 0. The molecule has 0 saturated heterocycles. The second-order valence-electron chi connectivity index (χ2n) is 5.49. The summed E-state index contributed by atoms with van der Waals surface area (Å²) in [6, 6.07) is 21.9. The van der Waals surface area contributed by atoms with E-state index in [2.05, 4.69) is 60.6 Å². The van der Waals surface area contributed by atoms with Gasteiger partial charge in [0.1, 0.15) is 5.52 Å². The molecule has 1 aromatic heterocycles. The highest BCUT2D eigenvalue weighted by Gasteiger charge is 2.09. The van der Waals surface area contributed by atoms with Crippen LogP contribution in [0.15, 0.2) is 80.6 Å². The summed E-state index contributed by atoms with van der Waals surface area (Å²) in [6.07, 6.45) is 1.85. The monoisotopic (exact) mass is 502 g/mol. The average Bonchev–Trinajstić information content (AvgIpc) is 3.05. The Kier molecular flexibility index (Phi) is 4.67. The third-order valence-corrected chi connectivity index (χ3v) is 4.89. The molecule has 0 aliphatic rings. The standard InChI is InChI=1S/C20H12BrIN2O/c21-15-3-1-2-14(10-15)20-24-18-11-17(8-9-19(18)25-20)23-12-13-4-6-16(22)7-5-13/h1-12H. The lowest BCUT2D eigenvalue weighted by molar-refractivity contribution is 0.620. The minimum Gasteiger partial charge on any atom is -0.436 e. The lowest BCUT2D eigenvalue weighted by atomic mass is 10.2. The number of oxazole rings is 1. The summed E-state index contributed by atoms with van der Waals surface area (Å²) in [5, 5.41) is 0. The Balaban J connectivity index is 1.65. The molecule has 3 aromatic carbocycles. The Labute approximate surface area is 167 Å². The highest BCUT2D eigenvalue weighted by Crippen LogP contribution is 2.28. The molecule has 4 rings (SSSR count). The maximum absolute atomic E-state index is 5.86. The molecule has 0 spiro atoms. The molecule has 0 radical (unpaired) electrons. The Morgan fingerprint density at radius 2 is 1.84 bits per heavy atom. The van der Waals surface area contributed by atoms with Gasteiger partial charge in [-0.3, -0.25) is 4.99 Å². The van der Waals surface area contributed by atoms with E-state index in [0.717, 1.165) is 32.4 Å². The smallest absolute Gasteiger partial charge is 0.227 e. The van der Waals surface area contributed by atoms with Gasteiger partial charge in [-0.15, -0.1) is 0 Å². The summed E-state index contributed by atoms with van der Waals surface area (Å²) >= 11 is 5.76. The summed E-state index contributed by atoms with van der Waals surface area (Å²) in [5.74, 6) is 0.607.